The van der Waals surface area contributed by atoms with E-state index in [0.717, 1.165) is 12.8 Å². The number of carbonyl (C=O) groups excluding carboxylic acids is 3. The normalized spacial score (nSPS) is 11.5. The number of esters is 2. The van der Waals surface area contributed by atoms with E-state index in [2.05, 4.69) is 11.7 Å². The van der Waals surface area contributed by atoms with Gasteiger partial charge in [-0.15, -0.1) is 0 Å². The number of aliphatic carboxylic acids is 1. The average molecular weight is 394 g/mol. The van der Waals surface area contributed by atoms with Gasteiger partial charge in [0.25, 0.3) is 0 Å². The third kappa shape index (κ3) is 20.1. The number of nitrogens with two attached hydrogens (primary N) is 1. The molecule has 7 heteroatoms. The van der Waals surface area contributed by atoms with Crippen molar-refractivity contribution in [3.8, 4) is 0 Å². The Morgan fingerprint density at radius 1 is 0.815 bits per heavy atom. The zero-order chi connectivity index (χ0) is 19.6. The monoisotopic (exact) mass is 393 g/mol. The van der Waals surface area contributed by atoms with Gasteiger partial charge in [-0.3, -0.25) is 4.79 Å². The van der Waals surface area contributed by atoms with Crippen molar-refractivity contribution in [1.82, 2.24) is 0 Å². The Kier molecular flexibility index (Phi) is 21.6. The van der Waals surface area contributed by atoms with E-state index in [-0.39, 0.29) is 36.0 Å². The van der Waals surface area contributed by atoms with E-state index in [9.17, 15) is 19.5 Å². The van der Waals surface area contributed by atoms with Crippen molar-refractivity contribution in [3.05, 3.63) is 0 Å². The van der Waals surface area contributed by atoms with Crippen LogP contribution in [0.1, 0.15) is 103 Å². The van der Waals surface area contributed by atoms with Crippen molar-refractivity contribution in [2.24, 2.45) is 5.73 Å². The smallest absolute Gasteiger partial charge is 0.550 e. The van der Waals surface area contributed by atoms with E-state index in [1.54, 1.807) is 0 Å². The summed E-state index contributed by atoms with van der Waals surface area (Å²) < 4.78 is 4.53. The predicted molar refractivity (Wildman–Crippen MR) is 99.0 cm³/mol. The van der Waals surface area contributed by atoms with Crippen LogP contribution in [0.25, 0.3) is 0 Å². The van der Waals surface area contributed by atoms with Gasteiger partial charge in [-0.2, -0.15) is 0 Å². The molecule has 6 nitrogen and oxygen atoms in total. The summed E-state index contributed by atoms with van der Waals surface area (Å²) in [4.78, 5) is 33.2. The quantitative estimate of drug-likeness (QED) is 0.161. The van der Waals surface area contributed by atoms with Gasteiger partial charge in [-0.25, -0.2) is 4.79 Å². The third-order valence-corrected chi connectivity index (χ3v) is 4.39. The van der Waals surface area contributed by atoms with Gasteiger partial charge < -0.3 is 20.4 Å². The topological polar surface area (TPSA) is 110 Å². The van der Waals surface area contributed by atoms with Crippen LogP contribution in [0.5, 0.6) is 0 Å². The van der Waals surface area contributed by atoms with Gasteiger partial charge >= 0.3 is 41.5 Å². The molecule has 0 aliphatic heterocycles. The van der Waals surface area contributed by atoms with E-state index in [1.807, 2.05) is 0 Å². The summed E-state index contributed by atoms with van der Waals surface area (Å²) in [5.74, 6) is -3.10. The van der Waals surface area contributed by atoms with E-state index in [4.69, 9.17) is 5.73 Å². The maximum absolute atomic E-state index is 11.5. The summed E-state index contributed by atoms with van der Waals surface area (Å²) in [6.07, 6.45) is 15.2. The molecule has 0 heterocycles. The van der Waals surface area contributed by atoms with Crippen LogP contribution in [0.2, 0.25) is 0 Å². The molecule has 0 radical (unpaired) electrons. The standard InChI is InChI=1S/C20H37NO5.Na/c1-2-3-4-5-6-7-8-9-10-11-12-13-14-15-19(24)26-20(25)17(21)16-18(22)23;/h17H,2-16,21H2,1H3,(H,22,23);/q;+1/p-1/t17-;/m0./s1. The average Bonchev–Trinajstić information content (AvgIpc) is 2.58. The molecule has 2 N–H and O–H groups in total. The summed E-state index contributed by atoms with van der Waals surface area (Å²) >= 11 is 0. The first-order chi connectivity index (χ1) is 12.5. The molecule has 0 fully saturated rings. The Labute approximate surface area is 186 Å². The summed E-state index contributed by atoms with van der Waals surface area (Å²) in [5.41, 5.74) is 5.29. The van der Waals surface area contributed by atoms with Crippen molar-refractivity contribution in [2.45, 2.75) is 109 Å². The third-order valence-electron chi connectivity index (χ3n) is 4.39. The molecule has 0 bridgehead atoms. The molecule has 0 aliphatic rings. The molecule has 0 amide bonds. The summed E-state index contributed by atoms with van der Waals surface area (Å²) in [5, 5.41) is 10.3. The second kappa shape index (κ2) is 20.3. The number of rotatable bonds is 17. The molecule has 0 aliphatic carbocycles. The first-order valence-corrected chi connectivity index (χ1v) is 10.2. The summed E-state index contributed by atoms with van der Waals surface area (Å²) in [7, 11) is 0. The molecular formula is C20H36NNaO5. The molecule has 27 heavy (non-hydrogen) atoms. The van der Waals surface area contributed by atoms with Crippen molar-refractivity contribution in [1.29, 1.82) is 0 Å². The second-order valence-electron chi connectivity index (χ2n) is 6.97. The van der Waals surface area contributed by atoms with Gasteiger partial charge in [0.1, 0.15) is 6.04 Å². The number of carboxylic acids is 1. The maximum atomic E-state index is 11.5. The van der Waals surface area contributed by atoms with Crippen LogP contribution >= 0.6 is 0 Å². The van der Waals surface area contributed by atoms with Gasteiger partial charge in [-0.1, -0.05) is 84.0 Å². The zero-order valence-corrected chi connectivity index (χ0v) is 19.3. The van der Waals surface area contributed by atoms with Crippen molar-refractivity contribution < 1.29 is 53.8 Å². The van der Waals surface area contributed by atoms with E-state index >= 15 is 0 Å². The number of hydrogen-bond donors (Lipinski definition) is 1. The molecule has 1 atom stereocenters. The first kappa shape index (κ1) is 28.8. The van der Waals surface area contributed by atoms with E-state index < -0.39 is 30.4 Å². The van der Waals surface area contributed by atoms with E-state index in [1.165, 1.54) is 64.2 Å². The zero-order valence-electron chi connectivity index (χ0n) is 17.3. The van der Waals surface area contributed by atoms with Crippen LogP contribution in [0.3, 0.4) is 0 Å². The first-order valence-electron chi connectivity index (χ1n) is 10.2. The largest absolute Gasteiger partial charge is 1.00 e. The molecule has 152 valence electrons. The number of unbranched alkanes of at least 4 members (excludes halogenated alkanes) is 12. The SMILES string of the molecule is CCCCCCCCCCCCCCCC(=O)OC(=O)[C@@H](N)CC(=O)[O-].[Na+]. The molecule has 0 saturated carbocycles. The Morgan fingerprint density at radius 3 is 1.63 bits per heavy atom. The molecule has 0 unspecified atom stereocenters. The predicted octanol–water partition coefficient (Wildman–Crippen LogP) is 0.00880. The van der Waals surface area contributed by atoms with Crippen LogP contribution in [0.15, 0.2) is 0 Å². The summed E-state index contributed by atoms with van der Waals surface area (Å²) in [6.45, 7) is 2.23. The Morgan fingerprint density at radius 2 is 1.22 bits per heavy atom. The second-order valence-corrected chi connectivity index (χ2v) is 6.97. The van der Waals surface area contributed by atoms with Gasteiger partial charge in [-0.05, 0) is 6.42 Å². The minimum Gasteiger partial charge on any atom is -0.550 e. The Balaban J connectivity index is 0. The van der Waals surface area contributed by atoms with E-state index in [0.29, 0.717) is 6.42 Å². The van der Waals surface area contributed by atoms with Crippen molar-refractivity contribution in [2.75, 3.05) is 0 Å². The van der Waals surface area contributed by atoms with Crippen LogP contribution in [-0.4, -0.2) is 23.9 Å². The fraction of sp³-hybridized carbons (Fsp3) is 0.850. The fourth-order valence-electron chi connectivity index (χ4n) is 2.79. The minimum atomic E-state index is -1.45. The maximum Gasteiger partial charge on any atom is 1.00 e. The number of carboxylic acid groups (broad SMARTS) is 1. The number of carbonyl (C=O) groups is 3. The molecule has 0 saturated heterocycles. The summed E-state index contributed by atoms with van der Waals surface area (Å²) in [6, 6.07) is -1.35. The molecule has 0 spiro atoms. The number of hydrogen-bond acceptors (Lipinski definition) is 6. The van der Waals surface area contributed by atoms with Gasteiger partial charge in [0.15, 0.2) is 0 Å². The van der Waals surface area contributed by atoms with Gasteiger partial charge in [0, 0.05) is 18.8 Å². The van der Waals surface area contributed by atoms with Crippen LogP contribution in [0, 0.1) is 0 Å². The molecular weight excluding hydrogens is 357 g/mol. The van der Waals surface area contributed by atoms with Crippen LogP contribution in [0.4, 0.5) is 0 Å². The van der Waals surface area contributed by atoms with Crippen molar-refractivity contribution >= 4 is 17.9 Å². The van der Waals surface area contributed by atoms with Gasteiger partial charge in [0.05, 0.1) is 0 Å². The Bertz CT molecular complexity index is 404. The Hall–Kier alpha value is -0.430. The minimum absolute atomic E-state index is 0. The fourth-order valence-corrected chi connectivity index (χ4v) is 2.79. The molecule has 0 aromatic carbocycles. The molecule has 0 rings (SSSR count). The van der Waals surface area contributed by atoms with Crippen LogP contribution in [-0.2, 0) is 19.1 Å². The van der Waals surface area contributed by atoms with Crippen LogP contribution < -0.4 is 40.4 Å². The molecule has 0 aromatic rings. The van der Waals surface area contributed by atoms with Gasteiger partial charge in [0.2, 0.25) is 0 Å². The number of ether oxygens (including phenoxy) is 1. The van der Waals surface area contributed by atoms with Crippen molar-refractivity contribution in [3.63, 3.8) is 0 Å². The molecule has 0 aromatic heterocycles.